The van der Waals surface area contributed by atoms with Gasteiger partial charge in [-0.3, -0.25) is 9.59 Å². The molecule has 3 heterocycles. The van der Waals surface area contributed by atoms with E-state index in [0.717, 1.165) is 23.7 Å². The lowest BCUT2D eigenvalue weighted by atomic mass is 9.59. The number of carbonyl (C=O) groups is 3. The lowest BCUT2D eigenvalue weighted by molar-refractivity contribution is -0.153. The Hall–Kier alpha value is -3.17. The van der Waals surface area contributed by atoms with Gasteiger partial charge in [-0.25, -0.2) is 4.79 Å². The number of epoxide rings is 1. The Morgan fingerprint density at radius 3 is 2.53 bits per heavy atom. The van der Waals surface area contributed by atoms with Crippen LogP contribution >= 0.6 is 0 Å². The lowest BCUT2D eigenvalue weighted by Gasteiger charge is -2.45. The molecular weight excluding hydrogens is 490 g/mol. The number of amides is 1. The van der Waals surface area contributed by atoms with Crippen molar-refractivity contribution in [1.82, 2.24) is 5.32 Å². The van der Waals surface area contributed by atoms with Crippen molar-refractivity contribution in [2.24, 2.45) is 23.7 Å². The van der Waals surface area contributed by atoms with Crippen LogP contribution in [0.4, 0.5) is 4.79 Å². The van der Waals surface area contributed by atoms with Crippen molar-refractivity contribution < 1.29 is 38.4 Å². The zero-order chi connectivity index (χ0) is 27.5. The highest BCUT2D eigenvalue weighted by Crippen LogP contribution is 2.63. The van der Waals surface area contributed by atoms with E-state index in [1.807, 2.05) is 50.3 Å². The first-order chi connectivity index (χ1) is 17.9. The van der Waals surface area contributed by atoms with Gasteiger partial charge in [-0.05, 0) is 56.4 Å². The van der Waals surface area contributed by atoms with Gasteiger partial charge in [-0.2, -0.15) is 0 Å². The number of hydrogen-bond acceptors (Lipinski definition) is 8. The molecule has 3 fully saturated rings. The van der Waals surface area contributed by atoms with Crippen molar-refractivity contribution in [3.8, 4) is 5.75 Å². The van der Waals surface area contributed by atoms with Crippen LogP contribution < -0.4 is 10.1 Å². The maximum Gasteiger partial charge on any atom is 0.514 e. The number of rotatable bonds is 3. The maximum atomic E-state index is 13.9. The molecule has 4 aliphatic rings. The summed E-state index contributed by atoms with van der Waals surface area (Å²) in [5.74, 6) is -1.71. The van der Waals surface area contributed by atoms with Crippen LogP contribution in [0.5, 0.6) is 5.75 Å². The van der Waals surface area contributed by atoms with Crippen LogP contribution in [0, 0.1) is 23.7 Å². The predicted octanol–water partition coefficient (Wildman–Crippen LogP) is 3.10. The fourth-order valence-electron chi connectivity index (χ4n) is 6.65. The zero-order valence-electron chi connectivity index (χ0n) is 22.3. The summed E-state index contributed by atoms with van der Waals surface area (Å²) < 4.78 is 22.6. The molecule has 3 aliphatic heterocycles. The SMILES string of the molecule is COc1ccc(C[C@H]2NC(=O)[C@]34OC(=O)OC=C[C@@](C)(O)C(=O)[C@@H](C)CC=C[C@H]3[C@H]3O[C@@]3(C)[C@@H](C)[C@H]24)cc1. The minimum absolute atomic E-state index is 0.125. The van der Waals surface area contributed by atoms with Crippen LogP contribution in [-0.4, -0.2) is 59.0 Å². The fraction of sp³-hybridized carbons (Fsp3) is 0.552. The third-order valence-electron chi connectivity index (χ3n) is 8.96. The van der Waals surface area contributed by atoms with Gasteiger partial charge < -0.3 is 29.4 Å². The summed E-state index contributed by atoms with van der Waals surface area (Å²) in [7, 11) is 1.61. The summed E-state index contributed by atoms with van der Waals surface area (Å²) in [5, 5.41) is 13.7. The van der Waals surface area contributed by atoms with Gasteiger partial charge in [0, 0.05) is 17.9 Å². The zero-order valence-corrected chi connectivity index (χ0v) is 22.3. The highest BCUT2D eigenvalue weighted by Gasteiger charge is 2.78. The summed E-state index contributed by atoms with van der Waals surface area (Å²) in [6.45, 7) is 7.12. The first kappa shape index (κ1) is 26.4. The first-order valence-corrected chi connectivity index (χ1v) is 13.1. The van der Waals surface area contributed by atoms with Gasteiger partial charge in [0.15, 0.2) is 5.78 Å². The van der Waals surface area contributed by atoms with E-state index in [-0.39, 0.29) is 18.1 Å². The van der Waals surface area contributed by atoms with Crippen LogP contribution in [0.1, 0.15) is 39.7 Å². The monoisotopic (exact) mass is 525 g/mol. The maximum absolute atomic E-state index is 13.9. The number of methoxy groups -OCH3 is 1. The van der Waals surface area contributed by atoms with Crippen molar-refractivity contribution in [2.45, 2.75) is 69.5 Å². The van der Waals surface area contributed by atoms with Crippen molar-refractivity contribution in [1.29, 1.82) is 0 Å². The van der Waals surface area contributed by atoms with E-state index in [2.05, 4.69) is 5.32 Å². The molecule has 0 aromatic heterocycles. The summed E-state index contributed by atoms with van der Waals surface area (Å²) in [6.07, 6.45) is 5.15. The Balaban J connectivity index is 1.55. The number of ether oxygens (including phenoxy) is 4. The topological polar surface area (TPSA) is 124 Å². The fourth-order valence-corrected chi connectivity index (χ4v) is 6.65. The Morgan fingerprint density at radius 1 is 1.13 bits per heavy atom. The molecule has 5 rings (SSSR count). The number of fused-ring (bicyclic) bond motifs is 2. The van der Waals surface area contributed by atoms with Crippen LogP contribution in [0.25, 0.3) is 0 Å². The molecule has 1 aromatic carbocycles. The molecule has 1 aromatic rings. The van der Waals surface area contributed by atoms with Gasteiger partial charge in [0.25, 0.3) is 5.91 Å². The average molecular weight is 526 g/mol. The number of benzene rings is 1. The van der Waals surface area contributed by atoms with E-state index < -0.39 is 52.4 Å². The van der Waals surface area contributed by atoms with Gasteiger partial charge in [-0.1, -0.05) is 38.1 Å². The number of ketones is 1. The molecule has 9 nitrogen and oxygen atoms in total. The van der Waals surface area contributed by atoms with Crippen molar-refractivity contribution in [2.75, 3.05) is 7.11 Å². The highest BCUT2D eigenvalue weighted by atomic mass is 16.7. The van der Waals surface area contributed by atoms with Crippen LogP contribution in [-0.2, 0) is 30.2 Å². The molecule has 2 saturated heterocycles. The van der Waals surface area contributed by atoms with Crippen LogP contribution in [0.15, 0.2) is 48.8 Å². The molecule has 1 spiro atoms. The second-order valence-electron chi connectivity index (χ2n) is 11.3. The highest BCUT2D eigenvalue weighted by molar-refractivity contribution is 5.92. The Kier molecular flexibility index (Phi) is 6.43. The number of hydrogen-bond donors (Lipinski definition) is 2. The van der Waals surface area contributed by atoms with Crippen molar-refractivity contribution in [3.05, 3.63) is 54.3 Å². The van der Waals surface area contributed by atoms with Gasteiger partial charge in [0.2, 0.25) is 5.60 Å². The molecule has 0 radical (unpaired) electrons. The lowest BCUT2D eigenvalue weighted by Crippen LogP contribution is -2.61. The summed E-state index contributed by atoms with van der Waals surface area (Å²) in [5.41, 5.74) is -2.89. The number of Topliss-reactive ketones (excluding diaryl/α,β-unsaturated/α-hetero) is 1. The van der Waals surface area contributed by atoms with Gasteiger partial charge in [0.05, 0.1) is 31.0 Å². The molecule has 9 atom stereocenters. The number of nitrogens with one attached hydrogen (secondary N) is 1. The Labute approximate surface area is 222 Å². The number of aliphatic hydroxyl groups is 1. The van der Waals surface area contributed by atoms with E-state index in [0.29, 0.717) is 12.8 Å². The molecule has 204 valence electrons. The van der Waals surface area contributed by atoms with Gasteiger partial charge in [-0.15, -0.1) is 0 Å². The molecule has 2 N–H and O–H groups in total. The standard InChI is InChI=1S/C29H35NO8/c1-16-7-6-8-20-24-28(4,37-24)17(2)22-21(15-18-9-11-19(35-5)12-10-18)30-25(32)29(20,22)38-26(33)36-14-13-27(3,34)23(16)31/h6,8-14,16-17,20-22,24,34H,7,15H2,1-5H3,(H,30,32)/t16-,17-,20-,21+,22+,24+,27+,28-,29-/m0/s1. The van der Waals surface area contributed by atoms with E-state index >= 15 is 0 Å². The molecule has 1 saturated carbocycles. The minimum atomic E-state index is -1.82. The predicted molar refractivity (Wildman–Crippen MR) is 136 cm³/mol. The summed E-state index contributed by atoms with van der Waals surface area (Å²) in [6, 6.07) is 7.32. The summed E-state index contributed by atoms with van der Waals surface area (Å²) >= 11 is 0. The minimum Gasteiger partial charge on any atom is -0.497 e. The molecule has 9 heteroatoms. The molecule has 38 heavy (non-hydrogen) atoms. The summed E-state index contributed by atoms with van der Waals surface area (Å²) in [4.78, 5) is 39.7. The van der Waals surface area contributed by atoms with Gasteiger partial charge >= 0.3 is 6.16 Å². The number of allylic oxidation sites excluding steroid dienone is 1. The van der Waals surface area contributed by atoms with Crippen LogP contribution in [0.3, 0.4) is 0 Å². The smallest absolute Gasteiger partial charge is 0.497 e. The second kappa shape index (κ2) is 9.24. The molecular formula is C29H35NO8. The average Bonchev–Trinajstić information content (AvgIpc) is 3.49. The van der Waals surface area contributed by atoms with Crippen molar-refractivity contribution in [3.63, 3.8) is 0 Å². The van der Waals surface area contributed by atoms with Gasteiger partial charge in [0.1, 0.15) is 11.4 Å². The molecule has 1 amide bonds. The largest absolute Gasteiger partial charge is 0.514 e. The second-order valence-corrected chi connectivity index (χ2v) is 11.3. The number of carbonyl (C=O) groups excluding carboxylic acids is 3. The first-order valence-electron chi connectivity index (χ1n) is 13.1. The van der Waals surface area contributed by atoms with E-state index in [1.165, 1.54) is 6.92 Å². The molecule has 0 bridgehead atoms. The normalized spacial score (nSPS) is 42.2. The number of cyclic esters (lactones) is 1. The van der Waals surface area contributed by atoms with E-state index in [4.69, 9.17) is 18.9 Å². The van der Waals surface area contributed by atoms with E-state index in [9.17, 15) is 19.5 Å². The molecule has 0 unspecified atom stereocenters. The quantitative estimate of drug-likeness (QED) is 0.351. The third kappa shape index (κ3) is 4.12. The van der Waals surface area contributed by atoms with E-state index in [1.54, 1.807) is 14.0 Å². The third-order valence-corrected chi connectivity index (χ3v) is 8.96. The molecule has 1 aliphatic carbocycles. The Morgan fingerprint density at radius 2 is 1.84 bits per heavy atom. The van der Waals surface area contributed by atoms with Crippen molar-refractivity contribution >= 4 is 17.8 Å². The van der Waals surface area contributed by atoms with Crippen LogP contribution in [0.2, 0.25) is 0 Å². The Bertz CT molecular complexity index is 1190.